The largest absolute Gasteiger partial charge is 0.480 e. The van der Waals surface area contributed by atoms with E-state index in [2.05, 4.69) is 5.32 Å². The number of carbonyl (C=O) groups excluding carboxylic acids is 1. The van der Waals surface area contributed by atoms with Gasteiger partial charge in [-0.05, 0) is 40.8 Å². The molecule has 3 N–H and O–H groups in total. The third-order valence-electron chi connectivity index (χ3n) is 2.11. The number of amides is 2. The van der Waals surface area contributed by atoms with Gasteiger partial charge in [0.1, 0.15) is 13.1 Å². The van der Waals surface area contributed by atoms with Gasteiger partial charge < -0.3 is 20.4 Å². The summed E-state index contributed by atoms with van der Waals surface area (Å²) >= 11 is 7.71. The van der Waals surface area contributed by atoms with E-state index in [9.17, 15) is 14.4 Å². The van der Waals surface area contributed by atoms with Crippen LogP contribution >= 0.6 is 34.2 Å². The second kappa shape index (κ2) is 7.29. The van der Waals surface area contributed by atoms with Gasteiger partial charge in [0.25, 0.3) is 0 Å². The van der Waals surface area contributed by atoms with Crippen molar-refractivity contribution in [2.45, 2.75) is 0 Å². The number of carbonyl (C=O) groups is 3. The predicted molar refractivity (Wildman–Crippen MR) is 80.0 cm³/mol. The molecule has 0 aromatic heterocycles. The van der Waals surface area contributed by atoms with Crippen molar-refractivity contribution in [2.24, 2.45) is 0 Å². The molecule has 0 spiro atoms. The van der Waals surface area contributed by atoms with Gasteiger partial charge in [-0.15, -0.1) is 0 Å². The fraction of sp³-hybridized carbons (Fsp3) is 0.182. The summed E-state index contributed by atoms with van der Waals surface area (Å²) in [5, 5.41) is 20.3. The minimum Gasteiger partial charge on any atom is -0.480 e. The molecule has 108 valence electrons. The Morgan fingerprint density at radius 2 is 1.75 bits per heavy atom. The first-order chi connectivity index (χ1) is 9.29. The van der Waals surface area contributed by atoms with Crippen molar-refractivity contribution in [3.8, 4) is 0 Å². The SMILES string of the molecule is O=C(O)CN(CC(=O)O)C(=O)Nc1ccc(Cl)cc1I. The Morgan fingerprint density at radius 1 is 1.20 bits per heavy atom. The molecule has 1 rings (SSSR count). The van der Waals surface area contributed by atoms with Crippen LogP contribution in [0.15, 0.2) is 18.2 Å². The molecule has 7 nitrogen and oxygen atoms in total. The Bertz CT molecular complexity index is 536. The molecule has 0 aliphatic carbocycles. The maximum absolute atomic E-state index is 11.9. The van der Waals surface area contributed by atoms with Crippen LogP contribution in [0.25, 0.3) is 0 Å². The van der Waals surface area contributed by atoms with Crippen molar-refractivity contribution < 1.29 is 24.6 Å². The maximum atomic E-state index is 11.9. The zero-order chi connectivity index (χ0) is 15.3. The molecule has 1 aromatic rings. The van der Waals surface area contributed by atoms with Crippen LogP contribution in [-0.2, 0) is 9.59 Å². The van der Waals surface area contributed by atoms with Gasteiger partial charge in [0, 0.05) is 8.59 Å². The number of aliphatic carboxylic acids is 2. The normalized spacial score (nSPS) is 9.90. The Labute approximate surface area is 132 Å². The second-order valence-electron chi connectivity index (χ2n) is 3.70. The lowest BCUT2D eigenvalue weighted by atomic mass is 10.3. The number of anilines is 1. The molecule has 20 heavy (non-hydrogen) atoms. The Balaban J connectivity index is 2.84. The van der Waals surface area contributed by atoms with E-state index in [-0.39, 0.29) is 0 Å². The molecular weight excluding hydrogens is 402 g/mol. The first-order valence-electron chi connectivity index (χ1n) is 5.24. The molecular formula is C11H10ClIN2O5. The van der Waals surface area contributed by atoms with E-state index >= 15 is 0 Å². The molecule has 0 bridgehead atoms. The van der Waals surface area contributed by atoms with E-state index in [1.165, 1.54) is 0 Å². The summed E-state index contributed by atoms with van der Waals surface area (Å²) in [7, 11) is 0. The Hall–Kier alpha value is -1.55. The third kappa shape index (κ3) is 5.21. The molecule has 9 heteroatoms. The number of nitrogens with one attached hydrogen (secondary N) is 1. The number of nitrogens with zero attached hydrogens (tertiary/aromatic N) is 1. The minimum atomic E-state index is -1.30. The van der Waals surface area contributed by atoms with Crippen LogP contribution < -0.4 is 5.32 Å². The van der Waals surface area contributed by atoms with Gasteiger partial charge >= 0.3 is 18.0 Å². The molecule has 0 unspecified atom stereocenters. The van der Waals surface area contributed by atoms with E-state index in [0.29, 0.717) is 19.2 Å². The Kier molecular flexibility index (Phi) is 6.02. The van der Waals surface area contributed by atoms with E-state index in [4.69, 9.17) is 21.8 Å². The maximum Gasteiger partial charge on any atom is 0.323 e. The molecule has 0 fully saturated rings. The molecule has 2 amide bonds. The van der Waals surface area contributed by atoms with E-state index in [1.54, 1.807) is 18.2 Å². The zero-order valence-corrected chi connectivity index (χ0v) is 12.9. The van der Waals surface area contributed by atoms with Crippen molar-refractivity contribution in [1.82, 2.24) is 4.90 Å². The highest BCUT2D eigenvalue weighted by Crippen LogP contribution is 2.22. The highest BCUT2D eigenvalue weighted by Gasteiger charge is 2.20. The predicted octanol–water partition coefficient (Wildman–Crippen LogP) is 1.95. The van der Waals surface area contributed by atoms with Crippen LogP contribution in [0.2, 0.25) is 5.02 Å². The third-order valence-corrected chi connectivity index (χ3v) is 3.24. The summed E-state index contributed by atoms with van der Waals surface area (Å²) in [4.78, 5) is 33.8. The van der Waals surface area contributed by atoms with Crippen molar-refractivity contribution in [2.75, 3.05) is 18.4 Å². The van der Waals surface area contributed by atoms with Crippen LogP contribution in [0.3, 0.4) is 0 Å². The van der Waals surface area contributed by atoms with Crippen LogP contribution in [0.4, 0.5) is 10.5 Å². The topological polar surface area (TPSA) is 107 Å². The summed E-state index contributed by atoms with van der Waals surface area (Å²) in [6.07, 6.45) is 0. The summed E-state index contributed by atoms with van der Waals surface area (Å²) in [6, 6.07) is 3.89. The number of hydrogen-bond donors (Lipinski definition) is 3. The molecule has 1 aromatic carbocycles. The molecule has 0 aliphatic rings. The highest BCUT2D eigenvalue weighted by atomic mass is 127. The quantitative estimate of drug-likeness (QED) is 0.641. The first kappa shape index (κ1) is 16.5. The van der Waals surface area contributed by atoms with E-state index < -0.39 is 31.1 Å². The lowest BCUT2D eigenvalue weighted by Crippen LogP contribution is -2.42. The van der Waals surface area contributed by atoms with Crippen LogP contribution in [0.5, 0.6) is 0 Å². The van der Waals surface area contributed by atoms with Crippen LogP contribution in [0.1, 0.15) is 0 Å². The van der Waals surface area contributed by atoms with Crippen molar-refractivity contribution in [1.29, 1.82) is 0 Å². The van der Waals surface area contributed by atoms with Gasteiger partial charge in [-0.2, -0.15) is 0 Å². The molecule has 0 saturated carbocycles. The number of hydrogen-bond acceptors (Lipinski definition) is 3. The monoisotopic (exact) mass is 412 g/mol. The summed E-state index contributed by atoms with van der Waals surface area (Å²) in [5.74, 6) is -2.60. The fourth-order valence-electron chi connectivity index (χ4n) is 1.31. The second-order valence-corrected chi connectivity index (χ2v) is 5.30. The zero-order valence-electron chi connectivity index (χ0n) is 9.97. The number of benzene rings is 1. The van der Waals surface area contributed by atoms with Gasteiger partial charge in [-0.3, -0.25) is 9.59 Å². The number of rotatable bonds is 5. The van der Waals surface area contributed by atoms with Gasteiger partial charge in [-0.25, -0.2) is 4.79 Å². The van der Waals surface area contributed by atoms with E-state index in [0.717, 1.165) is 0 Å². The summed E-state index contributed by atoms with van der Waals surface area (Å²) in [5.41, 5.74) is 0.417. The van der Waals surface area contributed by atoms with Crippen molar-refractivity contribution in [3.05, 3.63) is 26.8 Å². The van der Waals surface area contributed by atoms with Crippen molar-refractivity contribution in [3.63, 3.8) is 0 Å². The lowest BCUT2D eigenvalue weighted by molar-refractivity contribution is -0.140. The average molecular weight is 413 g/mol. The fourth-order valence-corrected chi connectivity index (χ4v) is 2.32. The highest BCUT2D eigenvalue weighted by molar-refractivity contribution is 14.1. The van der Waals surface area contributed by atoms with Crippen LogP contribution in [-0.4, -0.2) is 46.2 Å². The number of carboxylic acid groups (broad SMARTS) is 2. The molecule has 0 aliphatic heterocycles. The van der Waals surface area contributed by atoms with Gasteiger partial charge in [0.05, 0.1) is 5.69 Å². The smallest absolute Gasteiger partial charge is 0.323 e. The van der Waals surface area contributed by atoms with Gasteiger partial charge in [0.15, 0.2) is 0 Å². The molecule has 0 heterocycles. The standard InChI is InChI=1S/C11H10ClIN2O5/c12-6-1-2-8(7(13)3-6)14-11(20)15(4-9(16)17)5-10(18)19/h1-3H,4-5H2,(H,14,20)(H,16,17)(H,18,19). The number of urea groups is 1. The summed E-state index contributed by atoms with van der Waals surface area (Å²) < 4.78 is 0.647. The molecule has 0 atom stereocenters. The minimum absolute atomic E-state index is 0.417. The van der Waals surface area contributed by atoms with Crippen LogP contribution in [0, 0.1) is 3.57 Å². The van der Waals surface area contributed by atoms with Gasteiger partial charge in [0.2, 0.25) is 0 Å². The molecule has 0 radical (unpaired) electrons. The summed E-state index contributed by atoms with van der Waals surface area (Å²) in [6.45, 7) is -1.41. The van der Waals surface area contributed by atoms with E-state index in [1.807, 2.05) is 22.6 Å². The average Bonchev–Trinajstić information content (AvgIpc) is 2.30. The Morgan fingerprint density at radius 3 is 2.20 bits per heavy atom. The number of carboxylic acids is 2. The molecule has 0 saturated heterocycles. The lowest BCUT2D eigenvalue weighted by Gasteiger charge is -2.19. The number of halogens is 2. The van der Waals surface area contributed by atoms with Crippen molar-refractivity contribution >= 4 is 57.8 Å². The van der Waals surface area contributed by atoms with Gasteiger partial charge in [-0.1, -0.05) is 11.6 Å². The first-order valence-corrected chi connectivity index (χ1v) is 6.70.